The van der Waals surface area contributed by atoms with Crippen molar-refractivity contribution in [3.8, 4) is 0 Å². The summed E-state index contributed by atoms with van der Waals surface area (Å²) < 4.78 is 0. The second-order valence-corrected chi connectivity index (χ2v) is 5.43. The number of aromatic nitrogens is 3. The number of hydrogen-bond acceptors (Lipinski definition) is 4. The highest BCUT2D eigenvalue weighted by molar-refractivity contribution is 5.76. The summed E-state index contributed by atoms with van der Waals surface area (Å²) in [5.74, 6) is 0.782. The molecule has 1 heterocycles. The molecule has 0 saturated heterocycles. The normalized spacial score (nSPS) is 13.4. The number of nitrogen functional groups attached to an aromatic ring is 1. The van der Waals surface area contributed by atoms with Gasteiger partial charge in [0.15, 0.2) is 0 Å². The lowest BCUT2D eigenvalue weighted by atomic mass is 9.90. The second-order valence-electron chi connectivity index (χ2n) is 5.43. The average molecular weight is 239 g/mol. The molecule has 96 valence electrons. The molecule has 1 atom stereocenters. The number of anilines is 1. The monoisotopic (exact) mass is 239 g/mol. The van der Waals surface area contributed by atoms with Crippen LogP contribution in [0.1, 0.15) is 52.4 Å². The van der Waals surface area contributed by atoms with Crippen molar-refractivity contribution in [3.05, 3.63) is 5.82 Å². The molecule has 0 fully saturated rings. The molecule has 1 rings (SSSR count). The number of hydrogen-bond donors (Lipinski definition) is 3. The second kappa shape index (κ2) is 5.16. The summed E-state index contributed by atoms with van der Waals surface area (Å²) >= 11 is 0. The Morgan fingerprint density at radius 2 is 2.18 bits per heavy atom. The molecule has 0 aliphatic heterocycles. The minimum absolute atomic E-state index is 0.0161. The van der Waals surface area contributed by atoms with Gasteiger partial charge in [-0.2, -0.15) is 4.98 Å². The van der Waals surface area contributed by atoms with Gasteiger partial charge in [0, 0.05) is 6.42 Å². The SMILES string of the molecule is CC(NC(=O)CCC(C)(C)C)c1nc(N)n[nH]1. The van der Waals surface area contributed by atoms with Crippen molar-refractivity contribution in [2.45, 2.75) is 46.6 Å². The molecule has 0 bridgehead atoms. The predicted molar refractivity (Wildman–Crippen MR) is 66.0 cm³/mol. The molecule has 0 saturated carbocycles. The van der Waals surface area contributed by atoms with Crippen molar-refractivity contribution in [1.29, 1.82) is 0 Å². The van der Waals surface area contributed by atoms with Crippen LogP contribution in [0.5, 0.6) is 0 Å². The molecule has 1 unspecified atom stereocenters. The number of carbonyl (C=O) groups excluding carboxylic acids is 1. The van der Waals surface area contributed by atoms with E-state index in [0.29, 0.717) is 12.2 Å². The number of rotatable bonds is 4. The Hall–Kier alpha value is -1.59. The van der Waals surface area contributed by atoms with E-state index in [2.05, 4.69) is 41.3 Å². The molecule has 1 aromatic rings. The topological polar surface area (TPSA) is 96.7 Å². The maximum atomic E-state index is 11.7. The largest absolute Gasteiger partial charge is 0.367 e. The van der Waals surface area contributed by atoms with Gasteiger partial charge in [0.1, 0.15) is 5.82 Å². The van der Waals surface area contributed by atoms with Gasteiger partial charge in [0.25, 0.3) is 0 Å². The van der Waals surface area contributed by atoms with Gasteiger partial charge in [-0.25, -0.2) is 0 Å². The van der Waals surface area contributed by atoms with E-state index < -0.39 is 0 Å². The number of H-pyrrole nitrogens is 1. The van der Waals surface area contributed by atoms with Crippen LogP contribution in [0, 0.1) is 5.41 Å². The highest BCUT2D eigenvalue weighted by Crippen LogP contribution is 2.20. The molecule has 0 aliphatic carbocycles. The molecule has 6 heteroatoms. The molecular weight excluding hydrogens is 218 g/mol. The quantitative estimate of drug-likeness (QED) is 0.739. The first-order valence-corrected chi connectivity index (χ1v) is 5.75. The van der Waals surface area contributed by atoms with Crippen LogP contribution >= 0.6 is 0 Å². The van der Waals surface area contributed by atoms with Crippen molar-refractivity contribution < 1.29 is 4.79 Å². The van der Waals surface area contributed by atoms with E-state index in [9.17, 15) is 4.79 Å². The van der Waals surface area contributed by atoms with Crippen LogP contribution < -0.4 is 11.1 Å². The number of nitrogens with two attached hydrogens (primary N) is 1. The summed E-state index contributed by atoms with van der Waals surface area (Å²) in [6.07, 6.45) is 1.36. The Bertz CT molecular complexity index is 379. The molecule has 0 spiro atoms. The van der Waals surface area contributed by atoms with E-state index in [0.717, 1.165) is 6.42 Å². The molecule has 0 radical (unpaired) electrons. The lowest BCUT2D eigenvalue weighted by molar-refractivity contribution is -0.122. The Kier molecular flexibility index (Phi) is 4.09. The van der Waals surface area contributed by atoms with Gasteiger partial charge < -0.3 is 11.1 Å². The van der Waals surface area contributed by atoms with Gasteiger partial charge in [-0.3, -0.25) is 9.89 Å². The van der Waals surface area contributed by atoms with Crippen molar-refractivity contribution in [1.82, 2.24) is 20.5 Å². The third-order valence-electron chi connectivity index (χ3n) is 2.41. The minimum Gasteiger partial charge on any atom is -0.367 e. The zero-order valence-electron chi connectivity index (χ0n) is 10.9. The van der Waals surface area contributed by atoms with Crippen molar-refractivity contribution >= 4 is 11.9 Å². The molecule has 1 aromatic heterocycles. The van der Waals surface area contributed by atoms with Gasteiger partial charge in [-0.05, 0) is 18.8 Å². The van der Waals surface area contributed by atoms with E-state index >= 15 is 0 Å². The van der Waals surface area contributed by atoms with Gasteiger partial charge in [0.2, 0.25) is 11.9 Å². The van der Waals surface area contributed by atoms with Gasteiger partial charge in [0.05, 0.1) is 6.04 Å². The first-order chi connectivity index (χ1) is 7.78. The Morgan fingerprint density at radius 1 is 1.53 bits per heavy atom. The zero-order chi connectivity index (χ0) is 13.1. The fourth-order valence-corrected chi connectivity index (χ4v) is 1.35. The lowest BCUT2D eigenvalue weighted by Crippen LogP contribution is -2.28. The molecule has 17 heavy (non-hydrogen) atoms. The first-order valence-electron chi connectivity index (χ1n) is 5.75. The number of nitrogens with one attached hydrogen (secondary N) is 2. The van der Waals surface area contributed by atoms with E-state index in [1.54, 1.807) is 0 Å². The van der Waals surface area contributed by atoms with Gasteiger partial charge in [-0.15, -0.1) is 5.10 Å². The fourth-order valence-electron chi connectivity index (χ4n) is 1.35. The maximum absolute atomic E-state index is 11.7. The Morgan fingerprint density at radius 3 is 2.65 bits per heavy atom. The molecular formula is C11H21N5O. The first kappa shape index (κ1) is 13.5. The lowest BCUT2D eigenvalue weighted by Gasteiger charge is -2.18. The van der Waals surface area contributed by atoms with E-state index in [4.69, 9.17) is 5.73 Å². The van der Waals surface area contributed by atoms with Crippen LogP contribution in [0.25, 0.3) is 0 Å². The molecule has 4 N–H and O–H groups in total. The zero-order valence-corrected chi connectivity index (χ0v) is 10.9. The maximum Gasteiger partial charge on any atom is 0.239 e. The summed E-state index contributed by atoms with van der Waals surface area (Å²) in [4.78, 5) is 15.6. The van der Waals surface area contributed by atoms with Crippen LogP contribution in [0.15, 0.2) is 0 Å². The van der Waals surface area contributed by atoms with Crippen LogP contribution in [-0.2, 0) is 4.79 Å². The summed E-state index contributed by atoms with van der Waals surface area (Å²) in [6.45, 7) is 8.18. The van der Waals surface area contributed by atoms with E-state index in [-0.39, 0.29) is 23.3 Å². The standard InChI is InChI=1S/C11H21N5O/c1-7(9-14-10(12)16-15-9)13-8(17)5-6-11(2,3)4/h7H,5-6H2,1-4H3,(H,13,17)(H3,12,14,15,16). The minimum atomic E-state index is -0.202. The van der Waals surface area contributed by atoms with E-state index in [1.165, 1.54) is 0 Å². The highest BCUT2D eigenvalue weighted by atomic mass is 16.1. The smallest absolute Gasteiger partial charge is 0.239 e. The number of aromatic amines is 1. The van der Waals surface area contributed by atoms with Gasteiger partial charge >= 0.3 is 0 Å². The number of carbonyl (C=O) groups is 1. The van der Waals surface area contributed by atoms with Crippen LogP contribution in [0.4, 0.5) is 5.95 Å². The Balaban J connectivity index is 2.41. The van der Waals surface area contributed by atoms with Crippen molar-refractivity contribution in [2.24, 2.45) is 5.41 Å². The third kappa shape index (κ3) is 4.84. The molecule has 0 aromatic carbocycles. The average Bonchev–Trinajstić information content (AvgIpc) is 2.61. The summed E-state index contributed by atoms with van der Waals surface area (Å²) in [5.41, 5.74) is 5.56. The summed E-state index contributed by atoms with van der Waals surface area (Å²) in [7, 11) is 0. The number of amides is 1. The number of nitrogens with zero attached hydrogens (tertiary/aromatic N) is 2. The summed E-state index contributed by atoms with van der Waals surface area (Å²) in [5, 5.41) is 9.26. The summed E-state index contributed by atoms with van der Waals surface area (Å²) in [6, 6.07) is -0.202. The van der Waals surface area contributed by atoms with Gasteiger partial charge in [-0.1, -0.05) is 20.8 Å². The third-order valence-corrected chi connectivity index (χ3v) is 2.41. The molecule has 1 amide bonds. The molecule has 0 aliphatic rings. The van der Waals surface area contributed by atoms with Crippen LogP contribution in [0.3, 0.4) is 0 Å². The molecule has 6 nitrogen and oxygen atoms in total. The fraction of sp³-hybridized carbons (Fsp3) is 0.727. The van der Waals surface area contributed by atoms with E-state index in [1.807, 2.05) is 6.92 Å². The van der Waals surface area contributed by atoms with Crippen LogP contribution in [0.2, 0.25) is 0 Å². The Labute approximate surface area is 101 Å². The van der Waals surface area contributed by atoms with Crippen molar-refractivity contribution in [2.75, 3.05) is 5.73 Å². The van der Waals surface area contributed by atoms with Crippen LogP contribution in [-0.4, -0.2) is 21.1 Å². The predicted octanol–water partition coefficient (Wildman–Crippen LogP) is 1.39. The van der Waals surface area contributed by atoms with Crippen molar-refractivity contribution in [3.63, 3.8) is 0 Å². The highest BCUT2D eigenvalue weighted by Gasteiger charge is 2.16.